The van der Waals surface area contributed by atoms with Crippen LogP contribution in [0.2, 0.25) is 0 Å². The van der Waals surface area contributed by atoms with Crippen LogP contribution in [0.4, 0.5) is 0 Å². The zero-order valence-corrected chi connectivity index (χ0v) is 19.2. The molecule has 32 heavy (non-hydrogen) atoms. The second-order valence-corrected chi connectivity index (χ2v) is 9.98. The molecule has 0 spiro atoms. The fourth-order valence-corrected chi connectivity index (χ4v) is 6.27. The average Bonchev–Trinajstić information content (AvgIpc) is 3.33. The van der Waals surface area contributed by atoms with Crippen molar-refractivity contribution in [2.24, 2.45) is 23.2 Å². The van der Waals surface area contributed by atoms with Crippen LogP contribution in [0.3, 0.4) is 0 Å². The van der Waals surface area contributed by atoms with Gasteiger partial charge < -0.3 is 24.9 Å². The van der Waals surface area contributed by atoms with Gasteiger partial charge in [-0.15, -0.1) is 0 Å². The zero-order valence-electron chi connectivity index (χ0n) is 19.2. The number of nitrogens with one attached hydrogen (secondary N) is 2. The summed E-state index contributed by atoms with van der Waals surface area (Å²) in [6.07, 6.45) is 7.30. The number of carbonyl (C=O) groups excluding carboxylic acids is 1. The van der Waals surface area contributed by atoms with Crippen molar-refractivity contribution < 1.29 is 19.4 Å². The summed E-state index contributed by atoms with van der Waals surface area (Å²) >= 11 is 0. The average molecular weight is 439 g/mol. The number of ether oxygens (including phenoxy) is 2. The molecule has 1 aromatic carbocycles. The molecule has 1 aliphatic heterocycles. The topological polar surface area (TPSA) is 83.6 Å². The maximum atomic E-state index is 12.7. The maximum Gasteiger partial charge on any atom is 0.311 e. The van der Waals surface area contributed by atoms with E-state index in [-0.39, 0.29) is 29.3 Å². The number of aromatic amines is 1. The first kappa shape index (κ1) is 21.5. The van der Waals surface area contributed by atoms with E-state index in [0.717, 1.165) is 48.9 Å². The number of aliphatic hydroxyl groups is 1. The van der Waals surface area contributed by atoms with Crippen LogP contribution in [0.25, 0.3) is 10.9 Å². The molecule has 1 aromatic heterocycles. The van der Waals surface area contributed by atoms with Crippen LogP contribution in [-0.2, 0) is 16.0 Å². The van der Waals surface area contributed by atoms with E-state index in [1.54, 1.807) is 7.11 Å². The monoisotopic (exact) mass is 438 g/mol. The van der Waals surface area contributed by atoms with Crippen LogP contribution >= 0.6 is 0 Å². The van der Waals surface area contributed by atoms with Gasteiger partial charge >= 0.3 is 5.97 Å². The molecular weight excluding hydrogens is 404 g/mol. The molecule has 6 nitrogen and oxygen atoms in total. The smallest absolute Gasteiger partial charge is 0.311 e. The van der Waals surface area contributed by atoms with Crippen molar-refractivity contribution in [3.8, 4) is 5.75 Å². The Morgan fingerprint density at radius 1 is 1.38 bits per heavy atom. The van der Waals surface area contributed by atoms with Gasteiger partial charge in [-0.2, -0.15) is 0 Å². The molecule has 6 atom stereocenters. The molecule has 1 saturated carbocycles. The molecule has 0 bridgehead atoms. The van der Waals surface area contributed by atoms with E-state index in [9.17, 15) is 9.90 Å². The van der Waals surface area contributed by atoms with Crippen LogP contribution in [-0.4, -0.2) is 48.5 Å². The summed E-state index contributed by atoms with van der Waals surface area (Å²) in [7, 11) is 1.68. The number of benzene rings is 1. The Bertz CT molecular complexity index is 1040. The third-order valence-electron chi connectivity index (χ3n) is 8.48. The fraction of sp³-hybridized carbons (Fsp3) is 0.577. The predicted octanol–water partition coefficient (Wildman–Crippen LogP) is 3.59. The molecule has 2 aliphatic carbocycles. The summed E-state index contributed by atoms with van der Waals surface area (Å²) in [5.74, 6) is 0.636. The van der Waals surface area contributed by atoms with Crippen LogP contribution in [0.1, 0.15) is 38.7 Å². The highest BCUT2D eigenvalue weighted by Crippen LogP contribution is 2.55. The number of H-pyrrole nitrogens is 1. The van der Waals surface area contributed by atoms with Gasteiger partial charge in [-0.05, 0) is 55.5 Å². The molecule has 0 radical (unpaired) electrons. The highest BCUT2D eigenvalue weighted by atomic mass is 16.6. The summed E-state index contributed by atoms with van der Waals surface area (Å²) in [4.78, 5) is 16.0. The van der Waals surface area contributed by atoms with Gasteiger partial charge in [-0.25, -0.2) is 0 Å². The van der Waals surface area contributed by atoms with E-state index in [2.05, 4.69) is 36.3 Å². The number of methoxy groups -OCH3 is 1. The number of hydrogen-bond acceptors (Lipinski definition) is 5. The van der Waals surface area contributed by atoms with Crippen molar-refractivity contribution >= 4 is 16.9 Å². The van der Waals surface area contributed by atoms with Crippen molar-refractivity contribution in [1.82, 2.24) is 10.3 Å². The van der Waals surface area contributed by atoms with Gasteiger partial charge in [0.25, 0.3) is 0 Å². The lowest BCUT2D eigenvalue weighted by molar-refractivity contribution is -0.144. The number of allylic oxidation sites excluding steroid dienone is 1. The van der Waals surface area contributed by atoms with Crippen LogP contribution in [0.15, 0.2) is 36.0 Å². The van der Waals surface area contributed by atoms with E-state index in [4.69, 9.17) is 9.47 Å². The number of carbonyl (C=O) groups is 1. The van der Waals surface area contributed by atoms with Gasteiger partial charge in [-0.3, -0.25) is 4.79 Å². The maximum absolute atomic E-state index is 12.7. The Labute approximate surface area is 189 Å². The van der Waals surface area contributed by atoms with Gasteiger partial charge in [0.15, 0.2) is 0 Å². The first-order chi connectivity index (χ1) is 15.4. The predicted molar refractivity (Wildman–Crippen MR) is 123 cm³/mol. The summed E-state index contributed by atoms with van der Waals surface area (Å²) < 4.78 is 11.1. The van der Waals surface area contributed by atoms with Crippen molar-refractivity contribution in [3.05, 3.63) is 41.6 Å². The second kappa shape index (κ2) is 8.23. The second-order valence-electron chi connectivity index (χ2n) is 9.98. The first-order valence-corrected chi connectivity index (χ1v) is 11.9. The number of aromatic nitrogens is 1. The molecule has 0 amide bonds. The van der Waals surface area contributed by atoms with Crippen molar-refractivity contribution in [3.63, 3.8) is 0 Å². The Balaban J connectivity index is 1.25. The third-order valence-corrected chi connectivity index (χ3v) is 8.48. The Morgan fingerprint density at radius 3 is 3.03 bits per heavy atom. The first-order valence-electron chi connectivity index (χ1n) is 11.9. The number of esters is 1. The summed E-state index contributed by atoms with van der Waals surface area (Å²) in [5.41, 5.74) is 3.33. The number of aliphatic hydroxyl groups excluding tert-OH is 1. The summed E-state index contributed by atoms with van der Waals surface area (Å²) in [5, 5.41) is 16.1. The molecule has 2 aromatic rings. The quantitative estimate of drug-likeness (QED) is 0.365. The fourth-order valence-electron chi connectivity index (χ4n) is 6.27. The molecule has 2 heterocycles. The lowest BCUT2D eigenvalue weighted by atomic mass is 9.55. The molecular formula is C26H34N2O4. The highest BCUT2D eigenvalue weighted by Gasteiger charge is 2.59. The van der Waals surface area contributed by atoms with E-state index in [0.29, 0.717) is 12.5 Å². The standard InChI is InChI=1S/C26H34N2O4/c1-15-5-4-6-17-11-22-23(24(29)26(15,17)2)20(25(30)32-22)14-27-10-9-16-13-28-21-8-7-18(31-3)12-19(16)21/h6-8,12-13,15,20,22-24,27-29H,4-5,9-11,14H2,1-3H3/t15-,20-,22+,23+,24+,26+/m0/s1. The van der Waals surface area contributed by atoms with Gasteiger partial charge in [-0.1, -0.05) is 25.5 Å². The minimum Gasteiger partial charge on any atom is -0.497 e. The van der Waals surface area contributed by atoms with Crippen molar-refractivity contribution in [1.29, 1.82) is 0 Å². The van der Waals surface area contributed by atoms with Crippen LogP contribution in [0, 0.1) is 23.2 Å². The molecule has 6 heteroatoms. The van der Waals surface area contributed by atoms with E-state index < -0.39 is 6.10 Å². The lowest BCUT2D eigenvalue weighted by Gasteiger charge is -2.51. The summed E-state index contributed by atoms with van der Waals surface area (Å²) in [6.45, 7) is 5.70. The van der Waals surface area contributed by atoms with E-state index in [1.165, 1.54) is 11.1 Å². The Hall–Kier alpha value is -2.31. The largest absolute Gasteiger partial charge is 0.497 e. The SMILES string of the molecule is COc1ccc2[nH]cc(CCNC[C@@H]3C(=O)O[C@@H]4CC5=CCC[C@H](C)[C@@]5(C)[C@H](O)[C@H]34)c2c1. The van der Waals surface area contributed by atoms with Crippen LogP contribution in [0.5, 0.6) is 5.75 Å². The molecule has 1 saturated heterocycles. The Kier molecular flexibility index (Phi) is 5.54. The number of hydrogen-bond donors (Lipinski definition) is 3. The molecule has 172 valence electrons. The van der Waals surface area contributed by atoms with Gasteiger partial charge in [0, 0.05) is 41.4 Å². The normalized spacial score (nSPS) is 34.1. The van der Waals surface area contributed by atoms with Gasteiger partial charge in [0.05, 0.1) is 19.1 Å². The van der Waals surface area contributed by atoms with Crippen LogP contribution < -0.4 is 10.1 Å². The zero-order chi connectivity index (χ0) is 22.5. The number of rotatable bonds is 6. The van der Waals surface area contributed by atoms with E-state index in [1.807, 2.05) is 18.3 Å². The number of fused-ring (bicyclic) bond motifs is 3. The molecule has 5 rings (SSSR count). The minimum absolute atomic E-state index is 0.143. The van der Waals surface area contributed by atoms with Gasteiger partial charge in [0.1, 0.15) is 11.9 Å². The molecule has 3 aliphatic rings. The molecule has 2 fully saturated rings. The molecule has 3 N–H and O–H groups in total. The summed E-state index contributed by atoms with van der Waals surface area (Å²) in [6, 6.07) is 6.03. The van der Waals surface area contributed by atoms with Gasteiger partial charge in [0.2, 0.25) is 0 Å². The highest BCUT2D eigenvalue weighted by molar-refractivity contribution is 5.84. The Morgan fingerprint density at radius 2 is 2.22 bits per heavy atom. The third kappa shape index (κ3) is 3.35. The molecule has 0 unspecified atom stereocenters. The van der Waals surface area contributed by atoms with Crippen molar-refractivity contribution in [2.75, 3.05) is 20.2 Å². The van der Waals surface area contributed by atoms with E-state index >= 15 is 0 Å². The van der Waals surface area contributed by atoms with Crippen molar-refractivity contribution in [2.45, 2.75) is 51.7 Å². The lowest BCUT2D eigenvalue weighted by Crippen LogP contribution is -2.54. The minimum atomic E-state index is -0.554.